The van der Waals surface area contributed by atoms with Crippen LogP contribution in [0.4, 0.5) is 8.78 Å². The molecular formula is C17H24F2O9. The summed E-state index contributed by atoms with van der Waals surface area (Å²) in [6, 6.07) is 0.611. The number of esters is 1. The molecule has 28 heavy (non-hydrogen) atoms. The largest absolute Gasteiger partial charge is 0.467 e. The summed E-state index contributed by atoms with van der Waals surface area (Å²) in [7, 11) is 3.93. The molecule has 160 valence electrons. The normalized spacial score (nSPS) is 11.9. The molecule has 0 aliphatic rings. The van der Waals surface area contributed by atoms with Gasteiger partial charge in [-0.25, -0.2) is 13.6 Å². The van der Waals surface area contributed by atoms with E-state index in [1.54, 1.807) is 0 Å². The minimum absolute atomic E-state index is 0.140. The number of aliphatic hydroxyl groups excluding tert-OH is 1. The Balaban J connectivity index is 3.03. The van der Waals surface area contributed by atoms with E-state index in [1.165, 1.54) is 14.2 Å². The van der Waals surface area contributed by atoms with Crippen molar-refractivity contribution in [2.75, 3.05) is 61.3 Å². The molecule has 0 aliphatic carbocycles. The number of carbonyl (C=O) groups is 1. The van der Waals surface area contributed by atoms with Gasteiger partial charge >= 0.3 is 5.97 Å². The third-order valence-electron chi connectivity index (χ3n) is 3.31. The molecule has 0 radical (unpaired) electrons. The van der Waals surface area contributed by atoms with Gasteiger partial charge in [0.05, 0.1) is 33.5 Å². The molecule has 0 amide bonds. The van der Waals surface area contributed by atoms with Gasteiger partial charge in [0.1, 0.15) is 0 Å². The first-order valence-electron chi connectivity index (χ1n) is 8.14. The molecule has 0 aromatic heterocycles. The summed E-state index contributed by atoms with van der Waals surface area (Å²) in [4.78, 5) is 11.5. The molecule has 0 aliphatic heterocycles. The van der Waals surface area contributed by atoms with Crippen LogP contribution in [0.5, 0.6) is 11.5 Å². The maximum atomic E-state index is 14.8. The molecule has 1 aromatic rings. The summed E-state index contributed by atoms with van der Waals surface area (Å²) in [5.41, 5.74) is -0.677. The highest BCUT2D eigenvalue weighted by atomic mass is 19.1. The van der Waals surface area contributed by atoms with Gasteiger partial charge in [-0.2, -0.15) is 0 Å². The van der Waals surface area contributed by atoms with E-state index >= 15 is 0 Å². The van der Waals surface area contributed by atoms with E-state index in [9.17, 15) is 18.7 Å². The lowest BCUT2D eigenvalue weighted by Gasteiger charge is -2.18. The number of methoxy groups -OCH3 is 3. The first-order chi connectivity index (χ1) is 13.5. The van der Waals surface area contributed by atoms with Crippen molar-refractivity contribution in [2.24, 2.45) is 0 Å². The summed E-state index contributed by atoms with van der Waals surface area (Å²) in [5.74, 6) is -4.75. The summed E-state index contributed by atoms with van der Waals surface area (Å²) >= 11 is 0. The van der Waals surface area contributed by atoms with Gasteiger partial charge in [-0.05, 0) is 6.07 Å². The lowest BCUT2D eigenvalue weighted by Crippen LogP contribution is -2.18. The Morgan fingerprint density at radius 2 is 1.50 bits per heavy atom. The van der Waals surface area contributed by atoms with Crippen LogP contribution in [0.3, 0.4) is 0 Å². The van der Waals surface area contributed by atoms with Gasteiger partial charge in [0, 0.05) is 19.8 Å². The molecule has 9 nitrogen and oxygen atoms in total. The minimum atomic E-state index is -2.05. The summed E-state index contributed by atoms with van der Waals surface area (Å²) < 4.78 is 63.5. The molecule has 0 bridgehead atoms. The van der Waals surface area contributed by atoms with Crippen molar-refractivity contribution < 1.29 is 51.8 Å². The van der Waals surface area contributed by atoms with Gasteiger partial charge < -0.3 is 38.3 Å². The maximum Gasteiger partial charge on any atom is 0.339 e. The zero-order valence-electron chi connectivity index (χ0n) is 15.9. The van der Waals surface area contributed by atoms with Crippen molar-refractivity contribution in [3.63, 3.8) is 0 Å². The van der Waals surface area contributed by atoms with Crippen molar-refractivity contribution in [1.29, 1.82) is 0 Å². The van der Waals surface area contributed by atoms with Crippen molar-refractivity contribution in [3.05, 3.63) is 23.3 Å². The van der Waals surface area contributed by atoms with E-state index < -0.39 is 54.4 Å². The molecular weight excluding hydrogens is 386 g/mol. The van der Waals surface area contributed by atoms with Crippen LogP contribution in [0.1, 0.15) is 11.7 Å². The Labute approximate surface area is 161 Å². The van der Waals surface area contributed by atoms with Gasteiger partial charge in [-0.1, -0.05) is 0 Å². The van der Waals surface area contributed by atoms with Crippen LogP contribution in [-0.2, 0) is 28.5 Å². The molecule has 0 heterocycles. The summed E-state index contributed by atoms with van der Waals surface area (Å²) in [6.45, 7) is -0.0332. The Morgan fingerprint density at radius 1 is 0.964 bits per heavy atom. The van der Waals surface area contributed by atoms with Gasteiger partial charge in [0.25, 0.3) is 0 Å². The molecule has 0 spiro atoms. The van der Waals surface area contributed by atoms with Crippen LogP contribution in [0.2, 0.25) is 0 Å². The van der Waals surface area contributed by atoms with Crippen LogP contribution in [0.25, 0.3) is 0 Å². The Bertz CT molecular complexity index is 613. The maximum absolute atomic E-state index is 14.8. The molecule has 0 fully saturated rings. The molecule has 0 saturated carbocycles. The van der Waals surface area contributed by atoms with Crippen LogP contribution < -0.4 is 9.47 Å². The van der Waals surface area contributed by atoms with Gasteiger partial charge in [-0.15, -0.1) is 0 Å². The fourth-order valence-electron chi connectivity index (χ4n) is 1.91. The molecule has 11 heteroatoms. The molecule has 1 N–H and O–H groups in total. The first-order valence-corrected chi connectivity index (χ1v) is 8.14. The number of rotatable bonds is 14. The van der Waals surface area contributed by atoms with Gasteiger partial charge in [0.2, 0.25) is 11.5 Å². The standard InChI is InChI=1S/C17H24F2O9/c1-22-4-6-25-9-27-15-12(18)8-11(14(20)17(21)24-3)13(19)16(15)28-10-26-7-5-23-2/h8,14,20H,4-7,9-10H2,1-3H3. The molecule has 1 atom stereocenters. The van der Waals surface area contributed by atoms with Crippen molar-refractivity contribution in [1.82, 2.24) is 0 Å². The fraction of sp³-hybridized carbons (Fsp3) is 0.588. The third kappa shape index (κ3) is 7.17. The Hall–Kier alpha value is -2.05. The van der Waals surface area contributed by atoms with Gasteiger partial charge in [0.15, 0.2) is 31.3 Å². The van der Waals surface area contributed by atoms with Crippen LogP contribution >= 0.6 is 0 Å². The van der Waals surface area contributed by atoms with Crippen molar-refractivity contribution in [2.45, 2.75) is 6.10 Å². The number of halogens is 2. The highest BCUT2D eigenvalue weighted by Gasteiger charge is 2.29. The molecule has 1 rings (SSSR count). The second kappa shape index (κ2) is 13.2. The Morgan fingerprint density at radius 3 is 2.00 bits per heavy atom. The average Bonchev–Trinajstić information content (AvgIpc) is 2.69. The second-order valence-electron chi connectivity index (χ2n) is 5.17. The number of hydrogen-bond donors (Lipinski definition) is 1. The molecule has 0 saturated heterocycles. The van der Waals surface area contributed by atoms with E-state index in [2.05, 4.69) is 4.74 Å². The van der Waals surface area contributed by atoms with Crippen LogP contribution in [0, 0.1) is 11.6 Å². The SMILES string of the molecule is COCCOCOc1c(F)cc(C(O)C(=O)OC)c(F)c1OCOCCOC. The number of ether oxygens (including phenoxy) is 7. The van der Waals surface area contributed by atoms with E-state index in [0.717, 1.165) is 7.11 Å². The van der Waals surface area contributed by atoms with Crippen LogP contribution in [0.15, 0.2) is 6.07 Å². The first kappa shape index (κ1) is 24.0. The van der Waals surface area contributed by atoms with E-state index in [4.69, 9.17) is 28.4 Å². The summed E-state index contributed by atoms with van der Waals surface area (Å²) in [6.07, 6.45) is -2.05. The quantitative estimate of drug-likeness (QED) is 0.275. The lowest BCUT2D eigenvalue weighted by atomic mass is 10.1. The van der Waals surface area contributed by atoms with E-state index in [0.29, 0.717) is 6.07 Å². The average molecular weight is 410 g/mol. The predicted octanol–water partition coefficient (Wildman–Crippen LogP) is 1.17. The zero-order chi connectivity index (χ0) is 20.9. The number of aliphatic hydroxyl groups is 1. The van der Waals surface area contributed by atoms with Gasteiger partial charge in [-0.3, -0.25) is 0 Å². The third-order valence-corrected chi connectivity index (χ3v) is 3.31. The molecule has 1 unspecified atom stereocenters. The topological polar surface area (TPSA) is 102 Å². The number of hydrogen-bond acceptors (Lipinski definition) is 9. The second-order valence-corrected chi connectivity index (χ2v) is 5.17. The van der Waals surface area contributed by atoms with E-state index in [-0.39, 0.29) is 26.4 Å². The van der Waals surface area contributed by atoms with Crippen molar-refractivity contribution >= 4 is 5.97 Å². The highest BCUT2D eigenvalue weighted by Crippen LogP contribution is 2.38. The minimum Gasteiger partial charge on any atom is -0.467 e. The van der Waals surface area contributed by atoms with Crippen LogP contribution in [-0.4, -0.2) is 72.4 Å². The Kier molecular flexibility index (Phi) is 11.3. The van der Waals surface area contributed by atoms with Crippen molar-refractivity contribution in [3.8, 4) is 11.5 Å². The lowest BCUT2D eigenvalue weighted by molar-refractivity contribution is -0.150. The summed E-state index contributed by atoms with van der Waals surface area (Å²) in [5, 5.41) is 9.86. The monoisotopic (exact) mass is 410 g/mol. The smallest absolute Gasteiger partial charge is 0.339 e. The van der Waals surface area contributed by atoms with E-state index in [1.807, 2.05) is 0 Å². The zero-order valence-corrected chi connectivity index (χ0v) is 15.9. The number of benzene rings is 1. The number of carbonyl (C=O) groups excluding carboxylic acids is 1. The highest BCUT2D eigenvalue weighted by molar-refractivity contribution is 5.76. The fourth-order valence-corrected chi connectivity index (χ4v) is 1.91. The molecule has 1 aromatic carbocycles. The predicted molar refractivity (Wildman–Crippen MR) is 90.0 cm³/mol.